The molecular weight excluding hydrogens is 206 g/mol. The van der Waals surface area contributed by atoms with E-state index < -0.39 is 10.3 Å². The fourth-order valence-corrected chi connectivity index (χ4v) is 1.31. The van der Waals surface area contributed by atoms with E-state index in [-0.39, 0.29) is 5.75 Å². The van der Waals surface area contributed by atoms with Gasteiger partial charge in [0.1, 0.15) is 0 Å². The van der Waals surface area contributed by atoms with Crippen LogP contribution in [0.2, 0.25) is 0 Å². The van der Waals surface area contributed by atoms with Crippen molar-refractivity contribution in [1.82, 2.24) is 0 Å². The Morgan fingerprint density at radius 3 is 2.36 bits per heavy atom. The van der Waals surface area contributed by atoms with Crippen molar-refractivity contribution in [2.75, 3.05) is 6.61 Å². The van der Waals surface area contributed by atoms with Crippen molar-refractivity contribution in [2.45, 2.75) is 6.92 Å². The fourth-order valence-electron chi connectivity index (χ4n) is 0.919. The van der Waals surface area contributed by atoms with Crippen molar-refractivity contribution in [3.05, 3.63) is 24.3 Å². The van der Waals surface area contributed by atoms with Gasteiger partial charge in [-0.05, 0) is 19.1 Å². The molecule has 0 unspecified atom stereocenters. The predicted octanol–water partition coefficient (Wildman–Crippen LogP) is 0.668. The molecule has 0 radical (unpaired) electrons. The van der Waals surface area contributed by atoms with E-state index in [1.54, 1.807) is 25.1 Å². The third-order valence-corrected chi connectivity index (χ3v) is 1.77. The molecule has 14 heavy (non-hydrogen) atoms. The lowest BCUT2D eigenvalue weighted by molar-refractivity contribution is 0.327. The molecule has 5 nitrogen and oxygen atoms in total. The van der Waals surface area contributed by atoms with E-state index in [1.807, 2.05) is 0 Å². The van der Waals surface area contributed by atoms with Gasteiger partial charge < -0.3 is 8.92 Å². The standard InChI is InChI=1S/C8H11NO4S/c1-2-12-7-5-3-4-6-8(7)13-14(9,10)11/h3-6H,2H2,1H3,(H2,9,10,11). The minimum Gasteiger partial charge on any atom is -0.490 e. The molecule has 0 bridgehead atoms. The summed E-state index contributed by atoms with van der Waals surface area (Å²) in [6, 6.07) is 6.41. The molecule has 0 amide bonds. The molecule has 0 heterocycles. The summed E-state index contributed by atoms with van der Waals surface area (Å²) in [5, 5.41) is 4.73. The lowest BCUT2D eigenvalue weighted by atomic mass is 10.3. The summed E-state index contributed by atoms with van der Waals surface area (Å²) in [4.78, 5) is 0. The van der Waals surface area contributed by atoms with Gasteiger partial charge in [-0.3, -0.25) is 0 Å². The Morgan fingerprint density at radius 2 is 1.86 bits per heavy atom. The van der Waals surface area contributed by atoms with E-state index >= 15 is 0 Å². The summed E-state index contributed by atoms with van der Waals surface area (Å²) in [7, 11) is -4.00. The van der Waals surface area contributed by atoms with E-state index in [1.165, 1.54) is 6.07 Å². The smallest absolute Gasteiger partial charge is 0.380 e. The second-order valence-corrected chi connectivity index (χ2v) is 3.61. The molecule has 0 saturated carbocycles. The van der Waals surface area contributed by atoms with Crippen LogP contribution in [0.5, 0.6) is 11.5 Å². The van der Waals surface area contributed by atoms with Crippen LogP contribution in [0.3, 0.4) is 0 Å². The van der Waals surface area contributed by atoms with Crippen LogP contribution in [0.15, 0.2) is 24.3 Å². The Kier molecular flexibility index (Phi) is 3.32. The van der Waals surface area contributed by atoms with Crippen LogP contribution < -0.4 is 14.1 Å². The molecule has 0 atom stereocenters. The Hall–Kier alpha value is -1.27. The lowest BCUT2D eigenvalue weighted by Crippen LogP contribution is -2.19. The minimum absolute atomic E-state index is 0.0943. The molecule has 1 rings (SSSR count). The number of hydrogen-bond donors (Lipinski definition) is 1. The van der Waals surface area contributed by atoms with Crippen molar-refractivity contribution in [3.63, 3.8) is 0 Å². The normalized spacial score (nSPS) is 11.0. The molecule has 1 aromatic carbocycles. The maximum absolute atomic E-state index is 10.7. The van der Waals surface area contributed by atoms with Crippen LogP contribution in [0.4, 0.5) is 0 Å². The number of rotatable bonds is 4. The number of benzene rings is 1. The third-order valence-electron chi connectivity index (χ3n) is 1.35. The van der Waals surface area contributed by atoms with Gasteiger partial charge in [-0.15, -0.1) is 0 Å². The van der Waals surface area contributed by atoms with E-state index in [0.29, 0.717) is 12.4 Å². The lowest BCUT2D eigenvalue weighted by Gasteiger charge is -2.08. The molecule has 0 saturated heterocycles. The molecular formula is C8H11NO4S. The van der Waals surface area contributed by atoms with Crippen LogP contribution in [0, 0.1) is 0 Å². The average Bonchev–Trinajstić information content (AvgIpc) is 2.06. The number of ether oxygens (including phenoxy) is 1. The highest BCUT2D eigenvalue weighted by molar-refractivity contribution is 7.84. The van der Waals surface area contributed by atoms with Crippen molar-refractivity contribution in [1.29, 1.82) is 0 Å². The van der Waals surface area contributed by atoms with Crippen molar-refractivity contribution in [2.24, 2.45) is 5.14 Å². The molecule has 6 heteroatoms. The highest BCUT2D eigenvalue weighted by Crippen LogP contribution is 2.26. The topological polar surface area (TPSA) is 78.6 Å². The van der Waals surface area contributed by atoms with Crippen molar-refractivity contribution >= 4 is 10.3 Å². The molecule has 2 N–H and O–H groups in total. The summed E-state index contributed by atoms with van der Waals surface area (Å²) in [6.07, 6.45) is 0. The second-order valence-electron chi connectivity index (χ2n) is 2.46. The van der Waals surface area contributed by atoms with Crippen molar-refractivity contribution < 1.29 is 17.3 Å². The Bertz CT molecular complexity index is 402. The predicted molar refractivity (Wildman–Crippen MR) is 51.3 cm³/mol. The third kappa shape index (κ3) is 3.23. The minimum atomic E-state index is -4.00. The van der Waals surface area contributed by atoms with Gasteiger partial charge in [0.25, 0.3) is 0 Å². The molecule has 0 spiro atoms. The summed E-state index contributed by atoms with van der Waals surface area (Å²) < 4.78 is 31.0. The Balaban J connectivity index is 2.95. The quantitative estimate of drug-likeness (QED) is 0.803. The molecule has 1 aromatic rings. The maximum atomic E-state index is 10.7. The van der Waals surface area contributed by atoms with Crippen molar-refractivity contribution in [3.8, 4) is 11.5 Å². The first-order valence-electron chi connectivity index (χ1n) is 3.97. The fraction of sp³-hybridized carbons (Fsp3) is 0.250. The zero-order valence-corrected chi connectivity index (χ0v) is 8.45. The molecule has 78 valence electrons. The Labute approximate surface area is 82.7 Å². The van der Waals surface area contributed by atoms with Crippen LogP contribution in [-0.4, -0.2) is 15.0 Å². The summed E-state index contributed by atoms with van der Waals surface area (Å²) in [6.45, 7) is 2.21. The first-order valence-corrected chi connectivity index (χ1v) is 5.44. The largest absolute Gasteiger partial charge is 0.490 e. The molecule has 0 aliphatic heterocycles. The molecule has 0 aliphatic carbocycles. The monoisotopic (exact) mass is 217 g/mol. The van der Waals surface area contributed by atoms with E-state index in [0.717, 1.165) is 0 Å². The van der Waals surface area contributed by atoms with E-state index in [9.17, 15) is 8.42 Å². The SMILES string of the molecule is CCOc1ccccc1OS(N)(=O)=O. The zero-order valence-electron chi connectivity index (χ0n) is 7.64. The summed E-state index contributed by atoms with van der Waals surface area (Å²) >= 11 is 0. The molecule has 0 fully saturated rings. The van der Waals surface area contributed by atoms with E-state index in [2.05, 4.69) is 4.18 Å². The van der Waals surface area contributed by atoms with Crippen LogP contribution >= 0.6 is 0 Å². The Morgan fingerprint density at radius 1 is 1.29 bits per heavy atom. The zero-order chi connectivity index (χ0) is 10.6. The van der Waals surface area contributed by atoms with Crippen LogP contribution in [-0.2, 0) is 10.3 Å². The molecule has 0 aromatic heterocycles. The number of hydrogen-bond acceptors (Lipinski definition) is 4. The van der Waals surface area contributed by atoms with Gasteiger partial charge in [0, 0.05) is 0 Å². The van der Waals surface area contributed by atoms with Gasteiger partial charge in [-0.2, -0.15) is 13.6 Å². The second kappa shape index (κ2) is 4.30. The number of nitrogens with two attached hydrogens (primary N) is 1. The van der Waals surface area contributed by atoms with Gasteiger partial charge in [-0.25, -0.2) is 0 Å². The summed E-state index contributed by atoms with van der Waals surface area (Å²) in [5.41, 5.74) is 0. The van der Waals surface area contributed by atoms with Gasteiger partial charge in [0.2, 0.25) is 0 Å². The highest BCUT2D eigenvalue weighted by Gasteiger charge is 2.09. The maximum Gasteiger partial charge on any atom is 0.380 e. The molecule has 0 aliphatic rings. The van der Waals surface area contributed by atoms with Crippen LogP contribution in [0.1, 0.15) is 6.92 Å². The first-order chi connectivity index (χ1) is 6.53. The summed E-state index contributed by atoms with van der Waals surface area (Å²) in [5.74, 6) is 0.445. The van der Waals surface area contributed by atoms with Crippen LogP contribution in [0.25, 0.3) is 0 Å². The average molecular weight is 217 g/mol. The van der Waals surface area contributed by atoms with Gasteiger partial charge in [0.05, 0.1) is 6.61 Å². The van der Waals surface area contributed by atoms with Gasteiger partial charge in [-0.1, -0.05) is 12.1 Å². The van der Waals surface area contributed by atoms with Gasteiger partial charge in [0.15, 0.2) is 11.5 Å². The van der Waals surface area contributed by atoms with Gasteiger partial charge >= 0.3 is 10.3 Å². The first kappa shape index (κ1) is 10.8. The highest BCUT2D eigenvalue weighted by atomic mass is 32.2. The number of para-hydroxylation sites is 2. The van der Waals surface area contributed by atoms with E-state index in [4.69, 9.17) is 9.88 Å².